The van der Waals surface area contributed by atoms with Gasteiger partial charge in [-0.25, -0.2) is 8.42 Å². The van der Waals surface area contributed by atoms with Crippen molar-refractivity contribution < 1.29 is 22.4 Å². The van der Waals surface area contributed by atoms with Crippen LogP contribution in [0, 0.1) is 11.3 Å². The van der Waals surface area contributed by atoms with Crippen LogP contribution in [0.5, 0.6) is 0 Å². The Kier molecular flexibility index (Phi) is 7.56. The highest BCUT2D eigenvalue weighted by Gasteiger charge is 2.35. The van der Waals surface area contributed by atoms with Gasteiger partial charge in [0.15, 0.2) is 5.11 Å². The van der Waals surface area contributed by atoms with Gasteiger partial charge in [0.1, 0.15) is 17.1 Å². The zero-order chi connectivity index (χ0) is 24.3. The molecule has 1 fully saturated rings. The minimum Gasteiger partial charge on any atom is -0.460 e. The number of thiocarbonyl (C=S) groups is 1. The average molecular weight is 527 g/mol. The van der Waals surface area contributed by atoms with E-state index in [1.807, 2.05) is 6.07 Å². The molecule has 0 unspecified atom stereocenters. The number of carbonyl (C=O) groups excluding carboxylic acids is 2. The van der Waals surface area contributed by atoms with Gasteiger partial charge in [0.05, 0.1) is 24.6 Å². The van der Waals surface area contributed by atoms with Gasteiger partial charge < -0.3 is 4.42 Å². The molecule has 13 heteroatoms. The summed E-state index contributed by atoms with van der Waals surface area (Å²) in [7, 11) is -3.58. The summed E-state index contributed by atoms with van der Waals surface area (Å²) < 4.78 is 30.6. The van der Waals surface area contributed by atoms with E-state index in [9.17, 15) is 18.0 Å². The number of benzene rings is 1. The van der Waals surface area contributed by atoms with Crippen molar-refractivity contribution in [1.82, 2.24) is 9.62 Å². The summed E-state index contributed by atoms with van der Waals surface area (Å²) in [5.41, 5.74) is 0.0138. The number of hydrogen-bond donors (Lipinski definition) is 1. The predicted molar refractivity (Wildman–Crippen MR) is 127 cm³/mol. The Labute approximate surface area is 205 Å². The third kappa shape index (κ3) is 5.98. The lowest BCUT2D eigenvalue weighted by molar-refractivity contribution is -0.122. The van der Waals surface area contributed by atoms with Crippen LogP contribution in [0.15, 0.2) is 40.3 Å². The Bertz CT molecular complexity index is 1290. The van der Waals surface area contributed by atoms with E-state index in [0.717, 1.165) is 15.5 Å². The number of hydrogen-bond acceptors (Lipinski definition) is 7. The largest absolute Gasteiger partial charge is 0.460 e. The molecule has 1 aromatic heterocycles. The summed E-state index contributed by atoms with van der Waals surface area (Å²) in [6.07, 6.45) is 2.27. The first kappa shape index (κ1) is 24.9. The minimum absolute atomic E-state index is 0.00193. The zero-order valence-corrected chi connectivity index (χ0v) is 20.2. The van der Waals surface area contributed by atoms with Crippen LogP contribution in [0.1, 0.15) is 17.9 Å². The third-order valence-electron chi connectivity index (χ3n) is 4.45. The maximum absolute atomic E-state index is 13.1. The van der Waals surface area contributed by atoms with Crippen molar-refractivity contribution in [1.29, 1.82) is 5.26 Å². The highest BCUT2D eigenvalue weighted by molar-refractivity contribution is 7.88. The molecule has 1 aromatic carbocycles. The standard InChI is InChI=1S/C20H16Cl2N4O5S2/c1-33(29,30)25(6-2-5-23)11-16-4-3-15(31-16)10-17-18(27)24-20(32)26(19(17)28)14-8-12(21)7-13(22)9-14/h3-4,7-10H,2,6,11H2,1H3,(H,24,27,32). The number of rotatable bonds is 7. The summed E-state index contributed by atoms with van der Waals surface area (Å²) in [4.78, 5) is 26.6. The molecule has 0 aliphatic carbocycles. The number of sulfonamides is 1. The van der Waals surface area contributed by atoms with Crippen LogP contribution in [0.3, 0.4) is 0 Å². The first-order chi connectivity index (χ1) is 15.5. The molecule has 1 aliphatic rings. The van der Waals surface area contributed by atoms with Crippen molar-refractivity contribution in [2.75, 3.05) is 17.7 Å². The Morgan fingerprint density at radius 2 is 1.91 bits per heavy atom. The summed E-state index contributed by atoms with van der Waals surface area (Å²) in [5.74, 6) is -1.03. The first-order valence-electron chi connectivity index (χ1n) is 9.28. The van der Waals surface area contributed by atoms with Gasteiger partial charge in [0.2, 0.25) is 10.0 Å². The van der Waals surface area contributed by atoms with E-state index in [-0.39, 0.29) is 57.4 Å². The molecule has 0 bridgehead atoms. The fraction of sp³-hybridized carbons (Fsp3) is 0.200. The number of halogens is 2. The van der Waals surface area contributed by atoms with Gasteiger partial charge in [0.25, 0.3) is 11.8 Å². The molecule has 1 aliphatic heterocycles. The Hall–Kier alpha value is -2.75. The zero-order valence-electron chi connectivity index (χ0n) is 17.0. The molecule has 2 amide bonds. The number of carbonyl (C=O) groups is 2. The Morgan fingerprint density at radius 1 is 1.24 bits per heavy atom. The Morgan fingerprint density at radius 3 is 2.52 bits per heavy atom. The van der Waals surface area contributed by atoms with Crippen molar-refractivity contribution in [3.63, 3.8) is 0 Å². The number of nitrogens with one attached hydrogen (secondary N) is 1. The van der Waals surface area contributed by atoms with Crippen molar-refractivity contribution in [3.05, 3.63) is 57.5 Å². The third-order valence-corrected chi connectivity index (χ3v) is 6.42. The van der Waals surface area contributed by atoms with Crippen molar-refractivity contribution in [2.24, 2.45) is 0 Å². The lowest BCUT2D eigenvalue weighted by Gasteiger charge is -2.29. The van der Waals surface area contributed by atoms with Gasteiger partial charge in [0, 0.05) is 23.0 Å². The molecule has 172 valence electrons. The summed E-state index contributed by atoms with van der Waals surface area (Å²) in [6, 6.07) is 9.32. The molecule has 0 saturated carbocycles. The molecule has 3 rings (SSSR count). The second kappa shape index (κ2) is 10.0. The van der Waals surface area contributed by atoms with Gasteiger partial charge >= 0.3 is 0 Å². The fourth-order valence-corrected chi connectivity index (χ4v) is 4.55. The second-order valence-electron chi connectivity index (χ2n) is 6.89. The van der Waals surface area contributed by atoms with E-state index < -0.39 is 21.8 Å². The average Bonchev–Trinajstić information content (AvgIpc) is 3.14. The monoisotopic (exact) mass is 526 g/mol. The van der Waals surface area contributed by atoms with E-state index >= 15 is 0 Å². The van der Waals surface area contributed by atoms with E-state index in [1.54, 1.807) is 0 Å². The van der Waals surface area contributed by atoms with Gasteiger partial charge in [-0.1, -0.05) is 23.2 Å². The first-order valence-corrected chi connectivity index (χ1v) is 12.3. The minimum atomic E-state index is -3.58. The van der Waals surface area contributed by atoms with Crippen LogP contribution in [0.2, 0.25) is 10.0 Å². The highest BCUT2D eigenvalue weighted by Crippen LogP contribution is 2.28. The lowest BCUT2D eigenvalue weighted by atomic mass is 10.1. The highest BCUT2D eigenvalue weighted by atomic mass is 35.5. The van der Waals surface area contributed by atoms with E-state index in [1.165, 1.54) is 36.4 Å². The fourth-order valence-electron chi connectivity index (χ4n) is 2.97. The van der Waals surface area contributed by atoms with Crippen molar-refractivity contribution in [3.8, 4) is 6.07 Å². The van der Waals surface area contributed by atoms with Crippen LogP contribution < -0.4 is 10.2 Å². The van der Waals surface area contributed by atoms with Crippen LogP contribution in [-0.2, 0) is 26.2 Å². The topological polar surface area (TPSA) is 124 Å². The quantitative estimate of drug-likeness (QED) is 0.334. The molecule has 0 atom stereocenters. The van der Waals surface area contributed by atoms with Crippen LogP contribution in [-0.4, -0.2) is 42.5 Å². The molecule has 2 aromatic rings. The van der Waals surface area contributed by atoms with Gasteiger partial charge in [-0.3, -0.25) is 19.8 Å². The maximum Gasteiger partial charge on any atom is 0.270 e. The van der Waals surface area contributed by atoms with Crippen molar-refractivity contribution in [2.45, 2.75) is 13.0 Å². The number of nitrogens with zero attached hydrogens (tertiary/aromatic N) is 3. The molecule has 1 saturated heterocycles. The molecule has 9 nitrogen and oxygen atoms in total. The Balaban J connectivity index is 1.89. The van der Waals surface area contributed by atoms with Crippen LogP contribution in [0.25, 0.3) is 6.08 Å². The lowest BCUT2D eigenvalue weighted by Crippen LogP contribution is -2.54. The molecular formula is C20H16Cl2N4O5S2. The molecule has 1 N–H and O–H groups in total. The van der Waals surface area contributed by atoms with Crippen LogP contribution >= 0.6 is 35.4 Å². The van der Waals surface area contributed by atoms with E-state index in [4.69, 9.17) is 45.1 Å². The van der Waals surface area contributed by atoms with Crippen LogP contribution in [0.4, 0.5) is 5.69 Å². The summed E-state index contributed by atoms with van der Waals surface area (Å²) in [6.45, 7) is -0.108. The molecular weight excluding hydrogens is 511 g/mol. The normalized spacial score (nSPS) is 15.8. The van der Waals surface area contributed by atoms with Crippen molar-refractivity contribution >= 4 is 74.1 Å². The number of nitriles is 1. The molecule has 0 spiro atoms. The van der Waals surface area contributed by atoms with Gasteiger partial charge in [-0.15, -0.1) is 0 Å². The predicted octanol–water partition coefficient (Wildman–Crippen LogP) is 3.09. The molecule has 33 heavy (non-hydrogen) atoms. The number of amides is 2. The smallest absolute Gasteiger partial charge is 0.270 e. The van der Waals surface area contributed by atoms with Gasteiger partial charge in [-0.2, -0.15) is 9.57 Å². The number of furan rings is 1. The van der Waals surface area contributed by atoms with E-state index in [2.05, 4.69) is 5.32 Å². The van der Waals surface area contributed by atoms with E-state index in [0.29, 0.717) is 0 Å². The number of anilines is 1. The summed E-state index contributed by atoms with van der Waals surface area (Å²) in [5, 5.41) is 11.6. The molecule has 2 heterocycles. The van der Waals surface area contributed by atoms with Gasteiger partial charge in [-0.05, 0) is 48.6 Å². The molecule has 0 radical (unpaired) electrons. The SMILES string of the molecule is CS(=O)(=O)N(CCC#N)Cc1ccc(C=C2C(=O)NC(=S)N(c3cc(Cl)cc(Cl)c3)C2=O)o1. The summed E-state index contributed by atoms with van der Waals surface area (Å²) >= 11 is 17.2. The second-order valence-corrected chi connectivity index (χ2v) is 10.1. The maximum atomic E-state index is 13.1.